The summed E-state index contributed by atoms with van der Waals surface area (Å²) in [4.78, 5) is 0. The Balaban J connectivity index is 1.23. The van der Waals surface area contributed by atoms with Gasteiger partial charge in [-0.05, 0) is 124 Å². The molecule has 0 N–H and O–H groups in total. The summed E-state index contributed by atoms with van der Waals surface area (Å²) in [5, 5.41) is 0. The van der Waals surface area contributed by atoms with Crippen molar-refractivity contribution in [1.82, 2.24) is 0 Å². The SMILES string of the molecule is CCCCCC1CCC(c2ccc(C3CCC(C4CCC(C(F)=CC(F)(F)F)CC4)CC3)c(F)c2)CC1. The summed E-state index contributed by atoms with van der Waals surface area (Å²) < 4.78 is 66.6. The predicted molar refractivity (Wildman–Crippen MR) is 141 cm³/mol. The molecule has 0 unspecified atom stereocenters. The van der Waals surface area contributed by atoms with Crippen molar-refractivity contribution in [3.05, 3.63) is 47.0 Å². The molecule has 208 valence electrons. The van der Waals surface area contributed by atoms with Gasteiger partial charge in [0, 0.05) is 5.92 Å². The fraction of sp³-hybridized carbons (Fsp3) is 0.750. The van der Waals surface area contributed by atoms with Crippen LogP contribution in [0.25, 0.3) is 0 Å². The normalized spacial score (nSPS) is 31.9. The molecular formula is C32H45F5. The van der Waals surface area contributed by atoms with Gasteiger partial charge in [0.25, 0.3) is 0 Å². The largest absolute Gasteiger partial charge is 0.412 e. The maximum absolute atomic E-state index is 15.2. The number of hydrogen-bond acceptors (Lipinski definition) is 0. The van der Waals surface area contributed by atoms with E-state index < -0.39 is 17.9 Å². The van der Waals surface area contributed by atoms with Crippen LogP contribution in [0.15, 0.2) is 30.1 Å². The van der Waals surface area contributed by atoms with Gasteiger partial charge in [0.1, 0.15) is 11.6 Å². The van der Waals surface area contributed by atoms with Crippen LogP contribution in [0.1, 0.15) is 133 Å². The van der Waals surface area contributed by atoms with Crippen LogP contribution in [0.3, 0.4) is 0 Å². The Labute approximate surface area is 220 Å². The molecule has 5 heteroatoms. The maximum Gasteiger partial charge on any atom is 0.412 e. The first-order chi connectivity index (χ1) is 17.7. The van der Waals surface area contributed by atoms with Gasteiger partial charge in [0.2, 0.25) is 0 Å². The zero-order valence-corrected chi connectivity index (χ0v) is 22.5. The molecular weight excluding hydrogens is 479 g/mol. The van der Waals surface area contributed by atoms with E-state index in [2.05, 4.69) is 13.0 Å². The van der Waals surface area contributed by atoms with E-state index in [9.17, 15) is 17.6 Å². The minimum atomic E-state index is -4.58. The highest BCUT2D eigenvalue weighted by Crippen LogP contribution is 2.46. The molecule has 3 aliphatic carbocycles. The molecule has 0 atom stereocenters. The molecule has 0 aromatic heterocycles. The predicted octanol–water partition coefficient (Wildman–Crippen LogP) is 11.2. The van der Waals surface area contributed by atoms with Crippen molar-refractivity contribution >= 4 is 0 Å². The summed E-state index contributed by atoms with van der Waals surface area (Å²) in [6.07, 6.45) is 12.0. The molecule has 0 aliphatic heterocycles. The number of alkyl halides is 3. The van der Waals surface area contributed by atoms with E-state index in [1.807, 2.05) is 12.1 Å². The summed E-state index contributed by atoms with van der Waals surface area (Å²) in [7, 11) is 0. The van der Waals surface area contributed by atoms with E-state index in [1.165, 1.54) is 56.9 Å². The van der Waals surface area contributed by atoms with Gasteiger partial charge in [-0.2, -0.15) is 13.2 Å². The van der Waals surface area contributed by atoms with E-state index >= 15 is 4.39 Å². The van der Waals surface area contributed by atoms with E-state index in [0.717, 1.165) is 50.0 Å². The van der Waals surface area contributed by atoms with Gasteiger partial charge in [-0.15, -0.1) is 0 Å². The Bertz CT molecular complexity index is 864. The fourth-order valence-electron chi connectivity index (χ4n) is 7.64. The van der Waals surface area contributed by atoms with Gasteiger partial charge in [-0.1, -0.05) is 44.7 Å². The van der Waals surface area contributed by atoms with Gasteiger partial charge in [0.05, 0.1) is 6.08 Å². The molecule has 0 saturated heterocycles. The third-order valence-corrected chi connectivity index (χ3v) is 9.90. The van der Waals surface area contributed by atoms with Gasteiger partial charge in [0.15, 0.2) is 0 Å². The second-order valence-corrected chi connectivity index (χ2v) is 12.3. The number of rotatable bonds is 8. The zero-order valence-electron chi connectivity index (χ0n) is 22.5. The monoisotopic (exact) mass is 524 g/mol. The second kappa shape index (κ2) is 13.1. The van der Waals surface area contributed by atoms with E-state index in [1.54, 1.807) is 0 Å². The highest BCUT2D eigenvalue weighted by Gasteiger charge is 2.35. The molecule has 3 saturated carbocycles. The van der Waals surface area contributed by atoms with E-state index in [4.69, 9.17) is 0 Å². The van der Waals surface area contributed by atoms with Crippen LogP contribution in [-0.4, -0.2) is 6.18 Å². The molecule has 0 bridgehead atoms. The first-order valence-corrected chi connectivity index (χ1v) is 15.0. The Morgan fingerprint density at radius 3 is 1.97 bits per heavy atom. The quantitative estimate of drug-likeness (QED) is 0.234. The van der Waals surface area contributed by atoms with Crippen molar-refractivity contribution in [3.63, 3.8) is 0 Å². The molecule has 0 nitrogen and oxygen atoms in total. The number of allylic oxidation sites excluding steroid dienone is 2. The summed E-state index contributed by atoms with van der Waals surface area (Å²) in [6.45, 7) is 2.25. The summed E-state index contributed by atoms with van der Waals surface area (Å²) in [6, 6.07) is 6.04. The van der Waals surface area contributed by atoms with Crippen molar-refractivity contribution in [2.75, 3.05) is 0 Å². The minimum absolute atomic E-state index is 0.0431. The standard InChI is InChI=1S/C32H45F5/c1-2-3-4-5-22-6-8-25(9-7-22)28-18-19-29(30(33)20-28)26-14-10-23(11-15-26)24-12-16-27(17-13-24)31(34)21-32(35,36)37/h18-27H,2-17H2,1H3. The summed E-state index contributed by atoms with van der Waals surface area (Å²) in [5.41, 5.74) is 2.03. The van der Waals surface area contributed by atoms with Crippen LogP contribution in [0.5, 0.6) is 0 Å². The lowest BCUT2D eigenvalue weighted by molar-refractivity contribution is -0.0821. The second-order valence-electron chi connectivity index (χ2n) is 12.3. The van der Waals surface area contributed by atoms with Crippen molar-refractivity contribution in [2.24, 2.45) is 23.7 Å². The first kappa shape index (κ1) is 28.6. The number of halogens is 5. The lowest BCUT2D eigenvalue weighted by atomic mass is 9.68. The molecule has 0 spiro atoms. The third-order valence-electron chi connectivity index (χ3n) is 9.90. The van der Waals surface area contributed by atoms with Gasteiger partial charge < -0.3 is 0 Å². The molecule has 0 amide bonds. The molecule has 0 radical (unpaired) electrons. The number of unbranched alkanes of at least 4 members (excludes halogenated alkanes) is 2. The van der Waals surface area contributed by atoms with Gasteiger partial charge in [-0.3, -0.25) is 0 Å². The fourth-order valence-corrected chi connectivity index (χ4v) is 7.64. The number of benzene rings is 1. The van der Waals surface area contributed by atoms with Crippen LogP contribution in [0.4, 0.5) is 22.0 Å². The molecule has 0 heterocycles. The Morgan fingerprint density at radius 2 is 1.41 bits per heavy atom. The highest BCUT2D eigenvalue weighted by atomic mass is 19.4. The molecule has 1 aromatic rings. The van der Waals surface area contributed by atoms with Crippen molar-refractivity contribution in [2.45, 2.75) is 128 Å². The third kappa shape index (κ3) is 8.05. The average molecular weight is 525 g/mol. The molecule has 37 heavy (non-hydrogen) atoms. The van der Waals surface area contributed by atoms with Crippen LogP contribution in [0.2, 0.25) is 0 Å². The summed E-state index contributed by atoms with van der Waals surface area (Å²) in [5.74, 6) is 0.954. The number of hydrogen-bond donors (Lipinski definition) is 0. The Hall–Kier alpha value is -1.39. The topological polar surface area (TPSA) is 0 Å². The van der Waals surface area contributed by atoms with Crippen molar-refractivity contribution in [3.8, 4) is 0 Å². The Kier molecular flexibility index (Phi) is 10.1. The minimum Gasteiger partial charge on any atom is -0.212 e. The van der Waals surface area contributed by atoms with Crippen molar-refractivity contribution < 1.29 is 22.0 Å². The van der Waals surface area contributed by atoms with Crippen LogP contribution >= 0.6 is 0 Å². The molecule has 3 fully saturated rings. The first-order valence-electron chi connectivity index (χ1n) is 15.0. The summed E-state index contributed by atoms with van der Waals surface area (Å²) >= 11 is 0. The van der Waals surface area contributed by atoms with Gasteiger partial charge >= 0.3 is 6.18 Å². The van der Waals surface area contributed by atoms with Crippen LogP contribution in [0, 0.1) is 29.5 Å². The molecule has 3 aliphatic rings. The maximum atomic E-state index is 15.2. The lowest BCUT2D eigenvalue weighted by Gasteiger charge is -2.38. The molecule has 1 aromatic carbocycles. The van der Waals surface area contributed by atoms with E-state index in [0.29, 0.717) is 30.6 Å². The molecule has 4 rings (SSSR count). The van der Waals surface area contributed by atoms with Crippen LogP contribution in [-0.2, 0) is 0 Å². The van der Waals surface area contributed by atoms with Crippen molar-refractivity contribution in [1.29, 1.82) is 0 Å². The van der Waals surface area contributed by atoms with Gasteiger partial charge in [-0.25, -0.2) is 8.78 Å². The lowest BCUT2D eigenvalue weighted by Crippen LogP contribution is -2.26. The highest BCUT2D eigenvalue weighted by molar-refractivity contribution is 5.30. The average Bonchev–Trinajstić information content (AvgIpc) is 2.88. The van der Waals surface area contributed by atoms with Crippen LogP contribution < -0.4 is 0 Å². The Morgan fingerprint density at radius 1 is 0.811 bits per heavy atom. The van der Waals surface area contributed by atoms with E-state index in [-0.39, 0.29) is 17.8 Å². The smallest absolute Gasteiger partial charge is 0.212 e. The zero-order chi connectivity index (χ0) is 26.4.